The van der Waals surface area contributed by atoms with Crippen molar-refractivity contribution in [2.45, 2.75) is 33.2 Å². The molecule has 1 fully saturated rings. The molecule has 2 aliphatic heterocycles. The van der Waals surface area contributed by atoms with Crippen LogP contribution in [0.4, 0.5) is 0 Å². The molecular formula is C10H15NO. The molecular weight excluding hydrogens is 150 g/mol. The van der Waals surface area contributed by atoms with Gasteiger partial charge in [-0.2, -0.15) is 0 Å². The average molecular weight is 165 g/mol. The standard InChI is InChI=1S/C10H15NO/c1-6(2)9-8-5-4-7(3)11(8)10(9)12/h4,6,8-9H,5H2,1-3H3/t8-,9-/m1/s1. The fourth-order valence-corrected chi connectivity index (χ4v) is 2.37. The van der Waals surface area contributed by atoms with Gasteiger partial charge in [-0.25, -0.2) is 0 Å². The van der Waals surface area contributed by atoms with Gasteiger partial charge in [0.1, 0.15) is 0 Å². The molecule has 0 aromatic rings. The first-order valence-electron chi connectivity index (χ1n) is 4.62. The van der Waals surface area contributed by atoms with Gasteiger partial charge in [-0.1, -0.05) is 19.9 Å². The molecule has 0 aromatic heterocycles. The van der Waals surface area contributed by atoms with Crippen LogP contribution in [-0.4, -0.2) is 16.8 Å². The number of hydrogen-bond acceptors (Lipinski definition) is 1. The fourth-order valence-electron chi connectivity index (χ4n) is 2.37. The smallest absolute Gasteiger partial charge is 0.232 e. The molecule has 0 spiro atoms. The number of carbonyl (C=O) groups is 1. The van der Waals surface area contributed by atoms with Crippen LogP contribution in [-0.2, 0) is 4.79 Å². The van der Waals surface area contributed by atoms with Crippen LogP contribution in [0.25, 0.3) is 0 Å². The highest BCUT2D eigenvalue weighted by Gasteiger charge is 2.50. The third kappa shape index (κ3) is 0.780. The highest BCUT2D eigenvalue weighted by Crippen LogP contribution is 2.41. The second-order valence-corrected chi connectivity index (χ2v) is 4.13. The lowest BCUT2D eigenvalue weighted by Gasteiger charge is -2.45. The van der Waals surface area contributed by atoms with Gasteiger partial charge in [0, 0.05) is 5.70 Å². The van der Waals surface area contributed by atoms with Crippen molar-refractivity contribution in [1.29, 1.82) is 0 Å². The number of hydrogen-bond donors (Lipinski definition) is 0. The minimum absolute atomic E-state index is 0.290. The van der Waals surface area contributed by atoms with Crippen LogP contribution in [0, 0.1) is 11.8 Å². The molecule has 0 unspecified atom stereocenters. The molecule has 1 saturated heterocycles. The monoisotopic (exact) mass is 165 g/mol. The summed E-state index contributed by atoms with van der Waals surface area (Å²) < 4.78 is 0. The van der Waals surface area contributed by atoms with Crippen LogP contribution >= 0.6 is 0 Å². The summed E-state index contributed by atoms with van der Waals surface area (Å²) in [6.45, 7) is 6.29. The Hall–Kier alpha value is -0.790. The summed E-state index contributed by atoms with van der Waals surface area (Å²) in [6, 6.07) is 0.498. The molecule has 2 nitrogen and oxygen atoms in total. The van der Waals surface area contributed by atoms with Gasteiger partial charge in [0.15, 0.2) is 0 Å². The Balaban J connectivity index is 2.15. The number of allylic oxidation sites excluding steroid dienone is 1. The summed E-state index contributed by atoms with van der Waals surface area (Å²) in [5, 5.41) is 0. The number of fused-ring (bicyclic) bond motifs is 1. The summed E-state index contributed by atoms with van der Waals surface area (Å²) in [5.74, 6) is 1.12. The van der Waals surface area contributed by atoms with E-state index in [9.17, 15) is 4.79 Å². The predicted molar refractivity (Wildman–Crippen MR) is 47.3 cm³/mol. The Kier molecular flexibility index (Phi) is 1.53. The van der Waals surface area contributed by atoms with Crippen LogP contribution in [0.3, 0.4) is 0 Å². The Bertz CT molecular complexity index is 255. The van der Waals surface area contributed by atoms with Gasteiger partial charge in [-0.3, -0.25) is 4.79 Å². The third-order valence-corrected chi connectivity index (χ3v) is 3.02. The topological polar surface area (TPSA) is 20.3 Å². The first kappa shape index (κ1) is 7.84. The Labute approximate surface area is 73.2 Å². The van der Waals surface area contributed by atoms with E-state index >= 15 is 0 Å². The van der Waals surface area contributed by atoms with Crippen LogP contribution in [0.5, 0.6) is 0 Å². The quantitative estimate of drug-likeness (QED) is 0.542. The molecule has 2 heterocycles. The van der Waals surface area contributed by atoms with Crippen LogP contribution in [0.2, 0.25) is 0 Å². The minimum Gasteiger partial charge on any atom is -0.312 e. The van der Waals surface area contributed by atoms with Crippen LogP contribution < -0.4 is 0 Å². The van der Waals surface area contributed by atoms with E-state index in [1.165, 1.54) is 0 Å². The van der Waals surface area contributed by atoms with E-state index in [0.29, 0.717) is 23.8 Å². The molecule has 0 saturated carbocycles. The highest BCUT2D eigenvalue weighted by atomic mass is 16.2. The lowest BCUT2D eigenvalue weighted by Crippen LogP contribution is -2.59. The molecule has 0 aromatic carbocycles. The van der Waals surface area contributed by atoms with Crippen molar-refractivity contribution in [2.75, 3.05) is 0 Å². The maximum atomic E-state index is 11.6. The SMILES string of the molecule is CC1=CC[C@@H]2[C@@H](C(C)C)C(=O)N12. The largest absolute Gasteiger partial charge is 0.312 e. The van der Waals surface area contributed by atoms with Crippen molar-refractivity contribution >= 4 is 5.91 Å². The molecule has 12 heavy (non-hydrogen) atoms. The number of amides is 1. The van der Waals surface area contributed by atoms with Crippen molar-refractivity contribution in [3.05, 3.63) is 11.8 Å². The number of β-lactam (4-membered cyclic amide) rings is 1. The Morgan fingerprint density at radius 2 is 2.25 bits per heavy atom. The lowest BCUT2D eigenvalue weighted by molar-refractivity contribution is -0.153. The number of nitrogens with zero attached hydrogens (tertiary/aromatic N) is 1. The van der Waals surface area contributed by atoms with E-state index in [4.69, 9.17) is 0 Å². The van der Waals surface area contributed by atoms with Crippen LogP contribution in [0.1, 0.15) is 27.2 Å². The van der Waals surface area contributed by atoms with Gasteiger partial charge < -0.3 is 4.90 Å². The normalized spacial score (nSPS) is 33.5. The summed E-state index contributed by atoms with van der Waals surface area (Å²) >= 11 is 0. The molecule has 0 aliphatic carbocycles. The minimum atomic E-state index is 0.290. The zero-order valence-electron chi connectivity index (χ0n) is 7.87. The highest BCUT2D eigenvalue weighted by molar-refractivity contribution is 5.88. The van der Waals surface area contributed by atoms with Gasteiger partial charge in [0.25, 0.3) is 0 Å². The first-order valence-corrected chi connectivity index (χ1v) is 4.62. The number of carbonyl (C=O) groups excluding carboxylic acids is 1. The fraction of sp³-hybridized carbons (Fsp3) is 0.700. The van der Waals surface area contributed by atoms with Crippen molar-refractivity contribution in [3.63, 3.8) is 0 Å². The van der Waals surface area contributed by atoms with Gasteiger partial charge >= 0.3 is 0 Å². The van der Waals surface area contributed by atoms with E-state index in [0.717, 1.165) is 12.1 Å². The summed E-state index contributed by atoms with van der Waals surface area (Å²) in [4.78, 5) is 13.5. The van der Waals surface area contributed by atoms with Crippen molar-refractivity contribution in [1.82, 2.24) is 4.90 Å². The van der Waals surface area contributed by atoms with E-state index in [1.54, 1.807) is 0 Å². The van der Waals surface area contributed by atoms with E-state index in [-0.39, 0.29) is 0 Å². The zero-order valence-corrected chi connectivity index (χ0v) is 7.87. The number of rotatable bonds is 1. The van der Waals surface area contributed by atoms with Crippen molar-refractivity contribution in [3.8, 4) is 0 Å². The molecule has 2 rings (SSSR count). The van der Waals surface area contributed by atoms with Gasteiger partial charge in [-0.05, 0) is 19.3 Å². The van der Waals surface area contributed by atoms with E-state index < -0.39 is 0 Å². The van der Waals surface area contributed by atoms with Crippen molar-refractivity contribution in [2.24, 2.45) is 11.8 Å². The molecule has 0 N–H and O–H groups in total. The van der Waals surface area contributed by atoms with Crippen LogP contribution in [0.15, 0.2) is 11.8 Å². The van der Waals surface area contributed by atoms with Gasteiger partial charge in [0.2, 0.25) is 5.91 Å². The predicted octanol–water partition coefficient (Wildman–Crippen LogP) is 1.78. The van der Waals surface area contributed by atoms with E-state index in [1.807, 2.05) is 11.8 Å². The molecule has 1 amide bonds. The molecule has 0 bridgehead atoms. The second kappa shape index (κ2) is 2.35. The van der Waals surface area contributed by atoms with Gasteiger partial charge in [0.05, 0.1) is 12.0 Å². The Morgan fingerprint density at radius 1 is 1.58 bits per heavy atom. The molecule has 66 valence electrons. The average Bonchev–Trinajstić information content (AvgIpc) is 2.25. The molecule has 2 aliphatic rings. The first-order chi connectivity index (χ1) is 5.63. The second-order valence-electron chi connectivity index (χ2n) is 4.13. The molecule has 2 heteroatoms. The summed E-state index contributed by atoms with van der Waals surface area (Å²) in [7, 11) is 0. The third-order valence-electron chi connectivity index (χ3n) is 3.02. The van der Waals surface area contributed by atoms with Crippen molar-refractivity contribution < 1.29 is 4.79 Å². The van der Waals surface area contributed by atoms with Gasteiger partial charge in [-0.15, -0.1) is 0 Å². The Morgan fingerprint density at radius 3 is 2.83 bits per heavy atom. The maximum Gasteiger partial charge on any atom is 0.232 e. The van der Waals surface area contributed by atoms with E-state index in [2.05, 4.69) is 19.9 Å². The molecule has 2 atom stereocenters. The molecule has 0 radical (unpaired) electrons. The summed E-state index contributed by atoms with van der Waals surface area (Å²) in [6.07, 6.45) is 3.24. The lowest BCUT2D eigenvalue weighted by atomic mass is 9.79. The maximum absolute atomic E-state index is 11.6. The zero-order chi connectivity index (χ0) is 8.88. The summed E-state index contributed by atoms with van der Waals surface area (Å²) in [5.41, 5.74) is 1.15.